The molecule has 22 heavy (non-hydrogen) atoms. The lowest BCUT2D eigenvalue weighted by molar-refractivity contribution is -0.146. The fraction of sp³-hybridized carbons (Fsp3) is 0.467. The highest BCUT2D eigenvalue weighted by atomic mass is 35.5. The largest absolute Gasteiger partial charge is 0.492 e. The zero-order chi connectivity index (χ0) is 16.2. The number of carbonyl (C=O) groups excluding carboxylic acids is 1. The van der Waals surface area contributed by atoms with Crippen molar-refractivity contribution in [3.8, 4) is 5.75 Å². The topological polar surface area (TPSA) is 75.6 Å². The fourth-order valence-corrected chi connectivity index (χ4v) is 3.94. The van der Waals surface area contributed by atoms with Crippen molar-refractivity contribution in [2.45, 2.75) is 25.3 Å². The lowest BCUT2D eigenvalue weighted by Crippen LogP contribution is -2.55. The molecule has 1 aliphatic rings. The van der Waals surface area contributed by atoms with Crippen molar-refractivity contribution in [3.05, 3.63) is 28.8 Å². The van der Waals surface area contributed by atoms with Crippen LogP contribution in [0.3, 0.4) is 0 Å². The second-order valence-corrected chi connectivity index (χ2v) is 6.59. The van der Waals surface area contributed by atoms with Gasteiger partial charge in [0.15, 0.2) is 0 Å². The number of carboxylic acid groups (broad SMARTS) is 1. The molecule has 0 radical (unpaired) electrons. The van der Waals surface area contributed by atoms with Gasteiger partial charge in [-0.1, -0.05) is 23.7 Å². The third-order valence-electron chi connectivity index (χ3n) is 3.50. The number of halogens is 1. The Morgan fingerprint density at radius 3 is 2.86 bits per heavy atom. The van der Waals surface area contributed by atoms with E-state index in [0.717, 1.165) is 5.75 Å². The van der Waals surface area contributed by atoms with Crippen LogP contribution in [0.25, 0.3) is 0 Å². The summed E-state index contributed by atoms with van der Waals surface area (Å²) in [6.45, 7) is 2.27. The van der Waals surface area contributed by atoms with Gasteiger partial charge in [-0.15, -0.1) is 0 Å². The quantitative estimate of drug-likeness (QED) is 0.829. The molecule has 0 aliphatic carbocycles. The van der Waals surface area contributed by atoms with E-state index >= 15 is 0 Å². The Balaban J connectivity index is 2.12. The van der Waals surface area contributed by atoms with E-state index in [1.54, 1.807) is 18.2 Å². The van der Waals surface area contributed by atoms with Crippen LogP contribution in [-0.4, -0.2) is 40.6 Å². The third kappa shape index (κ3) is 3.67. The number of aliphatic carboxylic acids is 1. The molecule has 1 saturated heterocycles. The van der Waals surface area contributed by atoms with Crippen molar-refractivity contribution >= 4 is 35.2 Å². The highest BCUT2D eigenvalue weighted by Gasteiger charge is 2.43. The minimum Gasteiger partial charge on any atom is -0.492 e. The van der Waals surface area contributed by atoms with E-state index in [1.807, 2.05) is 6.92 Å². The normalized spacial score (nSPS) is 20.6. The third-order valence-corrected chi connectivity index (χ3v) is 4.99. The SMILES string of the molecule is CCOc1c(Cl)cccc1CC(=O)NC1(C(=O)O)CCSC1. The molecule has 1 amide bonds. The summed E-state index contributed by atoms with van der Waals surface area (Å²) in [6, 6.07) is 5.19. The number of hydrogen-bond acceptors (Lipinski definition) is 4. The number of para-hydroxylation sites is 1. The van der Waals surface area contributed by atoms with Crippen LogP contribution in [0.4, 0.5) is 0 Å². The van der Waals surface area contributed by atoms with Gasteiger partial charge in [-0.05, 0) is 25.2 Å². The molecular weight excluding hydrogens is 326 g/mol. The van der Waals surface area contributed by atoms with Crippen molar-refractivity contribution in [2.24, 2.45) is 0 Å². The van der Waals surface area contributed by atoms with Crippen molar-refractivity contribution in [3.63, 3.8) is 0 Å². The van der Waals surface area contributed by atoms with Crippen LogP contribution in [-0.2, 0) is 16.0 Å². The van der Waals surface area contributed by atoms with Gasteiger partial charge in [0.25, 0.3) is 0 Å². The van der Waals surface area contributed by atoms with Crippen molar-refractivity contribution < 1.29 is 19.4 Å². The maximum atomic E-state index is 12.3. The summed E-state index contributed by atoms with van der Waals surface area (Å²) in [6.07, 6.45) is 0.474. The predicted molar refractivity (Wildman–Crippen MR) is 86.8 cm³/mol. The first-order chi connectivity index (χ1) is 10.5. The van der Waals surface area contributed by atoms with Crippen LogP contribution in [0.5, 0.6) is 5.75 Å². The number of benzene rings is 1. The van der Waals surface area contributed by atoms with Gasteiger partial charge >= 0.3 is 5.97 Å². The zero-order valence-electron chi connectivity index (χ0n) is 12.2. The summed E-state index contributed by atoms with van der Waals surface area (Å²) in [5.74, 6) is 0.276. The van der Waals surface area contributed by atoms with E-state index in [-0.39, 0.29) is 12.3 Å². The van der Waals surface area contributed by atoms with Gasteiger partial charge in [0.05, 0.1) is 18.1 Å². The molecule has 0 spiro atoms. The molecule has 0 saturated carbocycles. The van der Waals surface area contributed by atoms with Crippen LogP contribution >= 0.6 is 23.4 Å². The van der Waals surface area contributed by atoms with E-state index in [4.69, 9.17) is 16.3 Å². The Kier molecular flexibility index (Phi) is 5.58. The fourth-order valence-electron chi connectivity index (χ4n) is 2.37. The molecule has 2 N–H and O–H groups in total. The Morgan fingerprint density at radius 1 is 1.50 bits per heavy atom. The van der Waals surface area contributed by atoms with Crippen LogP contribution in [0, 0.1) is 0 Å². The lowest BCUT2D eigenvalue weighted by atomic mass is 9.98. The average Bonchev–Trinajstić information content (AvgIpc) is 2.92. The standard InChI is InChI=1S/C15H18ClNO4S/c1-2-21-13-10(4-3-5-11(13)16)8-12(18)17-15(14(19)20)6-7-22-9-15/h3-5H,2,6-9H2,1H3,(H,17,18)(H,19,20). The molecule has 1 unspecified atom stereocenters. The minimum absolute atomic E-state index is 0.0373. The number of nitrogens with one attached hydrogen (secondary N) is 1. The van der Waals surface area contributed by atoms with Crippen LogP contribution in [0.15, 0.2) is 18.2 Å². The van der Waals surface area contributed by atoms with E-state index in [0.29, 0.717) is 35.1 Å². The molecule has 1 aromatic carbocycles. The minimum atomic E-state index is -1.16. The van der Waals surface area contributed by atoms with Gasteiger partial charge in [-0.2, -0.15) is 11.8 Å². The second-order valence-electron chi connectivity index (χ2n) is 5.08. The van der Waals surface area contributed by atoms with E-state index in [1.165, 1.54) is 11.8 Å². The Hall–Kier alpha value is -1.40. The molecule has 1 aliphatic heterocycles. The number of rotatable bonds is 6. The molecule has 1 atom stereocenters. The molecule has 0 bridgehead atoms. The van der Waals surface area contributed by atoms with Crippen molar-refractivity contribution in [1.29, 1.82) is 0 Å². The number of thioether (sulfide) groups is 1. The van der Waals surface area contributed by atoms with Gasteiger partial charge in [0.2, 0.25) is 5.91 Å². The van der Waals surface area contributed by atoms with Crippen LogP contribution in [0.1, 0.15) is 18.9 Å². The van der Waals surface area contributed by atoms with Gasteiger partial charge in [0.1, 0.15) is 11.3 Å². The van der Waals surface area contributed by atoms with Gasteiger partial charge in [-0.25, -0.2) is 4.79 Å². The predicted octanol–water partition coefficient (Wildman–Crippen LogP) is 2.36. The monoisotopic (exact) mass is 343 g/mol. The first-order valence-corrected chi connectivity index (χ1v) is 8.54. The summed E-state index contributed by atoms with van der Waals surface area (Å²) in [4.78, 5) is 23.7. The molecule has 1 heterocycles. The van der Waals surface area contributed by atoms with E-state index in [9.17, 15) is 14.7 Å². The highest BCUT2D eigenvalue weighted by Crippen LogP contribution is 2.31. The summed E-state index contributed by atoms with van der Waals surface area (Å²) in [7, 11) is 0. The van der Waals surface area contributed by atoms with Crippen molar-refractivity contribution in [2.75, 3.05) is 18.1 Å². The molecule has 0 aromatic heterocycles. The summed E-state index contributed by atoms with van der Waals surface area (Å²) in [5.41, 5.74) is -0.510. The first kappa shape index (κ1) is 17.0. The van der Waals surface area contributed by atoms with Crippen molar-refractivity contribution in [1.82, 2.24) is 5.32 Å². The van der Waals surface area contributed by atoms with Crippen LogP contribution in [0.2, 0.25) is 5.02 Å². The van der Waals surface area contributed by atoms with Gasteiger partial charge in [0, 0.05) is 11.3 Å². The Morgan fingerprint density at radius 2 is 2.27 bits per heavy atom. The van der Waals surface area contributed by atoms with E-state index < -0.39 is 11.5 Å². The molecule has 1 fully saturated rings. The lowest BCUT2D eigenvalue weighted by Gasteiger charge is -2.24. The van der Waals surface area contributed by atoms with Gasteiger partial charge in [-0.3, -0.25) is 4.79 Å². The molecule has 1 aromatic rings. The second kappa shape index (κ2) is 7.24. The number of carboxylic acids is 1. The molecule has 120 valence electrons. The highest BCUT2D eigenvalue weighted by molar-refractivity contribution is 7.99. The molecule has 2 rings (SSSR count). The number of amides is 1. The summed E-state index contributed by atoms with van der Waals surface area (Å²) >= 11 is 7.62. The number of carbonyl (C=O) groups is 2. The summed E-state index contributed by atoms with van der Waals surface area (Å²) < 4.78 is 5.48. The van der Waals surface area contributed by atoms with E-state index in [2.05, 4.69) is 5.32 Å². The maximum Gasteiger partial charge on any atom is 0.330 e. The Bertz CT molecular complexity index is 573. The first-order valence-electron chi connectivity index (χ1n) is 7.01. The maximum absolute atomic E-state index is 12.3. The number of hydrogen-bond donors (Lipinski definition) is 2. The molecular formula is C15H18ClNO4S. The molecule has 5 nitrogen and oxygen atoms in total. The molecule has 7 heteroatoms. The van der Waals surface area contributed by atoms with Crippen LogP contribution < -0.4 is 10.1 Å². The average molecular weight is 344 g/mol. The Labute approximate surface area is 138 Å². The smallest absolute Gasteiger partial charge is 0.330 e. The van der Waals surface area contributed by atoms with Gasteiger partial charge < -0.3 is 15.2 Å². The summed E-state index contributed by atoms with van der Waals surface area (Å²) in [5, 5.41) is 12.5. The zero-order valence-corrected chi connectivity index (χ0v) is 13.8. The number of ether oxygens (including phenoxy) is 1.